The summed E-state index contributed by atoms with van der Waals surface area (Å²) in [5.41, 5.74) is 0.454. The van der Waals surface area contributed by atoms with Crippen LogP contribution in [0.3, 0.4) is 0 Å². The third kappa shape index (κ3) is 2.53. The molecule has 0 aromatic rings. The van der Waals surface area contributed by atoms with Crippen LogP contribution in [0.15, 0.2) is 27.0 Å². The first-order valence-corrected chi connectivity index (χ1v) is 7.12. The fourth-order valence-corrected chi connectivity index (χ4v) is 2.91. The molecule has 0 bridgehead atoms. The monoisotopic (exact) mass is 279 g/mol. The van der Waals surface area contributed by atoms with Crippen LogP contribution < -0.4 is 5.32 Å². The number of thioether (sulfide) groups is 1. The molecule has 3 rings (SSSR count). The summed E-state index contributed by atoms with van der Waals surface area (Å²) in [4.78, 5) is 29.7. The Kier molecular flexibility index (Phi) is 3.33. The van der Waals surface area contributed by atoms with Gasteiger partial charge in [-0.15, -0.1) is 0 Å². The number of amidine groups is 1. The lowest BCUT2D eigenvalue weighted by molar-refractivity contribution is -0.127. The van der Waals surface area contributed by atoms with Crippen molar-refractivity contribution in [1.82, 2.24) is 10.2 Å². The Balaban J connectivity index is 1.58. The van der Waals surface area contributed by atoms with E-state index >= 15 is 0 Å². The summed E-state index contributed by atoms with van der Waals surface area (Å²) in [6.45, 7) is 1.67. The number of fused-ring (bicyclic) bond motifs is 1. The summed E-state index contributed by atoms with van der Waals surface area (Å²) >= 11 is 1.24. The Morgan fingerprint density at radius 2 is 2.26 bits per heavy atom. The molecule has 100 valence electrons. The maximum atomic E-state index is 11.9. The largest absolute Gasteiger partial charge is 0.342 e. The zero-order chi connectivity index (χ0) is 13.2. The van der Waals surface area contributed by atoms with E-state index in [-0.39, 0.29) is 11.8 Å². The summed E-state index contributed by atoms with van der Waals surface area (Å²) in [6.07, 6.45) is 3.04. The molecule has 0 spiro atoms. The molecule has 3 aliphatic heterocycles. The van der Waals surface area contributed by atoms with Crippen LogP contribution in [-0.4, -0.2) is 46.9 Å². The lowest BCUT2D eigenvalue weighted by Crippen LogP contribution is -2.38. The minimum Gasteiger partial charge on any atom is -0.342 e. The van der Waals surface area contributed by atoms with Crippen molar-refractivity contribution >= 4 is 28.7 Å². The molecule has 7 nitrogen and oxygen atoms in total. The van der Waals surface area contributed by atoms with Gasteiger partial charge in [-0.3, -0.25) is 9.59 Å². The van der Waals surface area contributed by atoms with Gasteiger partial charge in [0.2, 0.25) is 5.91 Å². The van der Waals surface area contributed by atoms with Crippen LogP contribution in [0.25, 0.3) is 0 Å². The fraction of sp³-hybridized carbons (Fsp3) is 0.545. The molecule has 1 atom stereocenters. The number of nitrogens with zero attached hydrogens (tertiary/aromatic N) is 4. The van der Waals surface area contributed by atoms with Gasteiger partial charge in [-0.05, 0) is 12.8 Å². The molecule has 1 saturated heterocycles. The van der Waals surface area contributed by atoms with Crippen molar-refractivity contribution in [2.24, 2.45) is 15.2 Å². The van der Waals surface area contributed by atoms with Crippen LogP contribution in [0, 0.1) is 0 Å². The van der Waals surface area contributed by atoms with Crippen molar-refractivity contribution < 1.29 is 9.59 Å². The Morgan fingerprint density at radius 1 is 1.47 bits per heavy atom. The number of nitrogens with one attached hydrogen (secondary N) is 1. The fourth-order valence-electron chi connectivity index (χ4n) is 2.13. The zero-order valence-corrected chi connectivity index (χ0v) is 11.0. The van der Waals surface area contributed by atoms with Gasteiger partial charge in [0.05, 0.1) is 17.5 Å². The average Bonchev–Trinajstić information content (AvgIpc) is 3.06. The summed E-state index contributed by atoms with van der Waals surface area (Å²) in [5, 5.41) is 10.6. The van der Waals surface area contributed by atoms with Crippen molar-refractivity contribution in [2.45, 2.75) is 19.0 Å². The predicted molar refractivity (Wildman–Crippen MR) is 70.6 cm³/mol. The molecular formula is C11H13N5O2S. The summed E-state index contributed by atoms with van der Waals surface area (Å²) in [5.74, 6) is 0.150. The molecule has 0 radical (unpaired) electrons. The Morgan fingerprint density at radius 3 is 3.05 bits per heavy atom. The van der Waals surface area contributed by atoms with Crippen LogP contribution in [0.5, 0.6) is 0 Å². The van der Waals surface area contributed by atoms with Crippen LogP contribution in [-0.2, 0) is 9.59 Å². The van der Waals surface area contributed by atoms with Gasteiger partial charge in [0.1, 0.15) is 0 Å². The van der Waals surface area contributed by atoms with E-state index < -0.39 is 6.17 Å². The molecule has 0 aliphatic carbocycles. The van der Waals surface area contributed by atoms with E-state index in [1.807, 2.05) is 4.90 Å². The SMILES string of the molecule is O=C1NC(SCC(=O)N2CCCC2)=NC2N=NC=C12. The van der Waals surface area contributed by atoms with Gasteiger partial charge in [-0.2, -0.15) is 10.2 Å². The van der Waals surface area contributed by atoms with E-state index in [0.29, 0.717) is 16.5 Å². The average molecular weight is 279 g/mol. The number of hydrogen-bond donors (Lipinski definition) is 1. The van der Waals surface area contributed by atoms with Crippen molar-refractivity contribution in [2.75, 3.05) is 18.8 Å². The summed E-state index contributed by atoms with van der Waals surface area (Å²) in [6, 6.07) is 0. The Labute approximate surface area is 114 Å². The highest BCUT2D eigenvalue weighted by atomic mass is 32.2. The molecule has 1 unspecified atom stereocenters. The first-order valence-electron chi connectivity index (χ1n) is 6.14. The molecule has 1 N–H and O–H groups in total. The van der Waals surface area contributed by atoms with E-state index in [1.54, 1.807) is 0 Å². The van der Waals surface area contributed by atoms with Gasteiger partial charge in [0.25, 0.3) is 5.91 Å². The highest BCUT2D eigenvalue weighted by molar-refractivity contribution is 8.14. The molecule has 0 saturated carbocycles. The molecule has 8 heteroatoms. The quantitative estimate of drug-likeness (QED) is 0.798. The molecule has 3 heterocycles. The molecule has 0 aromatic heterocycles. The number of aliphatic imine (C=N–C) groups is 1. The third-order valence-corrected chi connectivity index (χ3v) is 4.04. The van der Waals surface area contributed by atoms with Gasteiger partial charge in [-0.25, -0.2) is 4.99 Å². The summed E-state index contributed by atoms with van der Waals surface area (Å²) < 4.78 is 0. The molecule has 19 heavy (non-hydrogen) atoms. The summed E-state index contributed by atoms with van der Waals surface area (Å²) in [7, 11) is 0. The lowest BCUT2D eigenvalue weighted by atomic mass is 10.2. The second-order valence-electron chi connectivity index (χ2n) is 4.45. The van der Waals surface area contributed by atoms with Crippen molar-refractivity contribution in [3.63, 3.8) is 0 Å². The maximum Gasteiger partial charge on any atom is 0.258 e. The van der Waals surface area contributed by atoms with Crippen LogP contribution in [0.2, 0.25) is 0 Å². The number of likely N-dealkylation sites (tertiary alicyclic amines) is 1. The predicted octanol–water partition coefficient (Wildman–Crippen LogP) is 0.504. The lowest BCUT2D eigenvalue weighted by Gasteiger charge is -2.18. The molecule has 2 amide bonds. The number of amides is 2. The molecule has 3 aliphatic rings. The number of carbonyl (C=O) groups is 2. The van der Waals surface area contributed by atoms with E-state index in [0.717, 1.165) is 25.9 Å². The van der Waals surface area contributed by atoms with Crippen LogP contribution in [0.1, 0.15) is 12.8 Å². The molecule has 1 fully saturated rings. The molecular weight excluding hydrogens is 266 g/mol. The van der Waals surface area contributed by atoms with Crippen molar-refractivity contribution in [3.05, 3.63) is 11.8 Å². The normalized spacial score (nSPS) is 24.9. The van der Waals surface area contributed by atoms with E-state index in [4.69, 9.17) is 0 Å². The second-order valence-corrected chi connectivity index (χ2v) is 5.42. The van der Waals surface area contributed by atoms with Crippen molar-refractivity contribution in [1.29, 1.82) is 0 Å². The van der Waals surface area contributed by atoms with Crippen molar-refractivity contribution in [3.8, 4) is 0 Å². The van der Waals surface area contributed by atoms with Gasteiger partial charge >= 0.3 is 0 Å². The van der Waals surface area contributed by atoms with Crippen LogP contribution in [0.4, 0.5) is 0 Å². The highest BCUT2D eigenvalue weighted by Crippen LogP contribution is 2.22. The van der Waals surface area contributed by atoms with Gasteiger partial charge in [-0.1, -0.05) is 11.8 Å². The van der Waals surface area contributed by atoms with E-state index in [2.05, 4.69) is 20.5 Å². The van der Waals surface area contributed by atoms with Crippen LogP contribution >= 0.6 is 11.8 Å². The molecule has 0 aromatic carbocycles. The topological polar surface area (TPSA) is 86.5 Å². The standard InChI is InChI=1S/C11H13N5O2S/c17-8(16-3-1-2-4-16)6-19-11-13-9-7(5-12-15-9)10(18)14-11/h5,9H,1-4,6H2,(H,13,14,18). The van der Waals surface area contributed by atoms with Gasteiger partial charge in [0.15, 0.2) is 11.3 Å². The number of azo groups is 1. The Bertz CT molecular complexity index is 507. The minimum absolute atomic E-state index is 0.0915. The third-order valence-electron chi connectivity index (χ3n) is 3.16. The van der Waals surface area contributed by atoms with E-state index in [1.165, 1.54) is 18.0 Å². The second kappa shape index (κ2) is 5.12. The van der Waals surface area contributed by atoms with Gasteiger partial charge in [0, 0.05) is 13.1 Å². The highest BCUT2D eigenvalue weighted by Gasteiger charge is 2.30. The number of hydrogen-bond acceptors (Lipinski definition) is 6. The Hall–Kier alpha value is -1.70. The smallest absolute Gasteiger partial charge is 0.258 e. The zero-order valence-electron chi connectivity index (χ0n) is 10.2. The first kappa shape index (κ1) is 12.3. The van der Waals surface area contributed by atoms with E-state index in [9.17, 15) is 9.59 Å². The number of rotatable bonds is 2. The maximum absolute atomic E-state index is 11.9. The van der Waals surface area contributed by atoms with Gasteiger partial charge < -0.3 is 10.2 Å². The minimum atomic E-state index is -0.530. The number of carbonyl (C=O) groups excluding carboxylic acids is 2. The first-order chi connectivity index (χ1) is 9.24.